The fourth-order valence-corrected chi connectivity index (χ4v) is 1.96. The van der Waals surface area contributed by atoms with Gasteiger partial charge in [0.05, 0.1) is 19.4 Å². The highest BCUT2D eigenvalue weighted by atomic mass is 32.1. The van der Waals surface area contributed by atoms with Crippen molar-refractivity contribution >= 4 is 34.9 Å². The largest absolute Gasteiger partial charge is 0.466 e. The smallest absolute Gasteiger partial charge is 0.350 e. The van der Waals surface area contributed by atoms with Gasteiger partial charge in [-0.1, -0.05) is 0 Å². The van der Waals surface area contributed by atoms with Crippen LogP contribution in [0.15, 0.2) is 11.4 Å². The maximum Gasteiger partial charge on any atom is 0.350 e. The van der Waals surface area contributed by atoms with Crippen LogP contribution in [0.3, 0.4) is 0 Å². The summed E-state index contributed by atoms with van der Waals surface area (Å²) in [6, 6.07) is 1.57. The molecule has 7 heteroatoms. The number of amides is 1. The van der Waals surface area contributed by atoms with Crippen LogP contribution in [0.2, 0.25) is 0 Å². The van der Waals surface area contributed by atoms with Gasteiger partial charge in [-0.2, -0.15) is 0 Å². The van der Waals surface area contributed by atoms with Crippen LogP contribution in [-0.4, -0.2) is 31.6 Å². The number of thiophene rings is 1. The Labute approximate surface area is 108 Å². The van der Waals surface area contributed by atoms with Gasteiger partial charge in [0.1, 0.15) is 11.3 Å². The van der Waals surface area contributed by atoms with Gasteiger partial charge < -0.3 is 14.8 Å². The summed E-state index contributed by atoms with van der Waals surface area (Å²) < 4.78 is 9.21. The van der Waals surface area contributed by atoms with Crippen molar-refractivity contribution in [2.75, 3.05) is 19.0 Å². The molecule has 0 aliphatic heterocycles. The lowest BCUT2D eigenvalue weighted by atomic mass is 10.3. The van der Waals surface area contributed by atoms with Gasteiger partial charge in [0.25, 0.3) is 0 Å². The van der Waals surface area contributed by atoms with E-state index >= 15 is 0 Å². The Morgan fingerprint density at radius 1 is 1.39 bits per heavy atom. The molecular formula is C11H13NO5S. The second-order valence-corrected chi connectivity index (χ2v) is 4.10. The molecule has 6 nitrogen and oxygen atoms in total. The average molecular weight is 271 g/mol. The summed E-state index contributed by atoms with van der Waals surface area (Å²) in [5.41, 5.74) is 0.334. The third kappa shape index (κ3) is 3.85. The van der Waals surface area contributed by atoms with Crippen LogP contribution >= 0.6 is 11.3 Å². The van der Waals surface area contributed by atoms with Crippen LogP contribution in [-0.2, 0) is 19.1 Å². The summed E-state index contributed by atoms with van der Waals surface area (Å²) in [6.07, 6.45) is -0.385. The minimum absolute atomic E-state index is 0.220. The van der Waals surface area contributed by atoms with Crippen molar-refractivity contribution in [2.45, 2.75) is 13.3 Å². The van der Waals surface area contributed by atoms with E-state index in [0.717, 1.165) is 11.3 Å². The van der Waals surface area contributed by atoms with Gasteiger partial charge in [0.15, 0.2) is 0 Å². The number of hydrogen-bond donors (Lipinski definition) is 1. The predicted octanol–water partition coefficient (Wildman–Crippen LogP) is 1.43. The third-order valence-corrected chi connectivity index (χ3v) is 2.81. The van der Waals surface area contributed by atoms with Gasteiger partial charge in [-0.25, -0.2) is 4.79 Å². The zero-order chi connectivity index (χ0) is 13.5. The van der Waals surface area contributed by atoms with Crippen LogP contribution in [0.4, 0.5) is 5.69 Å². The number of carbonyl (C=O) groups is 3. The maximum absolute atomic E-state index is 11.5. The number of esters is 2. The Morgan fingerprint density at radius 3 is 2.72 bits per heavy atom. The number of nitrogens with one attached hydrogen (secondary N) is 1. The molecule has 0 atom stereocenters. The van der Waals surface area contributed by atoms with E-state index in [1.165, 1.54) is 7.11 Å². The van der Waals surface area contributed by atoms with Crippen molar-refractivity contribution in [3.05, 3.63) is 16.3 Å². The van der Waals surface area contributed by atoms with Crippen molar-refractivity contribution in [1.29, 1.82) is 0 Å². The Hall–Kier alpha value is -1.89. The standard InChI is InChI=1S/C11H13NO5S/c1-3-17-9(14)6-8(13)12-7-4-5-18-10(7)11(15)16-2/h4-5H,3,6H2,1-2H3,(H,12,13). The highest BCUT2D eigenvalue weighted by Gasteiger charge is 2.17. The van der Waals surface area contributed by atoms with Gasteiger partial charge in [0, 0.05) is 0 Å². The monoisotopic (exact) mass is 271 g/mol. The summed E-state index contributed by atoms with van der Waals surface area (Å²) in [5, 5.41) is 4.11. The van der Waals surface area contributed by atoms with Crippen LogP contribution in [0, 0.1) is 0 Å². The molecule has 0 aliphatic carbocycles. The first-order valence-electron chi connectivity index (χ1n) is 5.19. The van der Waals surface area contributed by atoms with E-state index < -0.39 is 17.8 Å². The minimum atomic E-state index is -0.607. The molecule has 98 valence electrons. The second kappa shape index (κ2) is 6.75. The molecule has 1 aromatic rings. The number of methoxy groups -OCH3 is 1. The van der Waals surface area contributed by atoms with Crippen LogP contribution in [0.1, 0.15) is 23.0 Å². The van der Waals surface area contributed by atoms with E-state index in [0.29, 0.717) is 5.69 Å². The van der Waals surface area contributed by atoms with Gasteiger partial charge in [-0.3, -0.25) is 9.59 Å². The zero-order valence-corrected chi connectivity index (χ0v) is 10.8. The third-order valence-electron chi connectivity index (χ3n) is 1.92. The molecule has 0 spiro atoms. The summed E-state index contributed by atoms with van der Waals surface area (Å²) in [5.74, 6) is -1.67. The molecule has 1 amide bonds. The lowest BCUT2D eigenvalue weighted by Gasteiger charge is -2.05. The van der Waals surface area contributed by atoms with Crippen molar-refractivity contribution in [3.63, 3.8) is 0 Å². The molecule has 1 aromatic heterocycles. The average Bonchev–Trinajstić information content (AvgIpc) is 2.76. The van der Waals surface area contributed by atoms with E-state index in [-0.39, 0.29) is 17.9 Å². The lowest BCUT2D eigenvalue weighted by Crippen LogP contribution is -2.19. The minimum Gasteiger partial charge on any atom is -0.466 e. The Bertz CT molecular complexity index is 454. The SMILES string of the molecule is CCOC(=O)CC(=O)Nc1ccsc1C(=O)OC. The molecular weight excluding hydrogens is 258 g/mol. The molecule has 18 heavy (non-hydrogen) atoms. The summed E-state index contributed by atoms with van der Waals surface area (Å²) in [4.78, 5) is 34.2. The maximum atomic E-state index is 11.5. The topological polar surface area (TPSA) is 81.7 Å². The highest BCUT2D eigenvalue weighted by molar-refractivity contribution is 7.12. The van der Waals surface area contributed by atoms with Crippen molar-refractivity contribution in [2.24, 2.45) is 0 Å². The summed E-state index contributed by atoms with van der Waals surface area (Å²) >= 11 is 1.15. The zero-order valence-electron chi connectivity index (χ0n) is 10.0. The molecule has 0 aromatic carbocycles. The van der Waals surface area contributed by atoms with Crippen LogP contribution in [0.5, 0.6) is 0 Å². The molecule has 0 saturated heterocycles. The van der Waals surface area contributed by atoms with E-state index in [9.17, 15) is 14.4 Å². The Kier molecular flexibility index (Phi) is 5.31. The molecule has 1 rings (SSSR count). The molecule has 0 aliphatic rings. The molecule has 1 heterocycles. The fourth-order valence-electron chi connectivity index (χ4n) is 1.20. The van der Waals surface area contributed by atoms with E-state index in [1.807, 2.05) is 0 Å². The van der Waals surface area contributed by atoms with Gasteiger partial charge >= 0.3 is 11.9 Å². The van der Waals surface area contributed by atoms with Gasteiger partial charge in [-0.05, 0) is 18.4 Å². The molecule has 1 N–H and O–H groups in total. The summed E-state index contributed by atoms with van der Waals surface area (Å²) in [7, 11) is 1.26. The molecule has 0 unspecified atom stereocenters. The van der Waals surface area contributed by atoms with Gasteiger partial charge in [0.2, 0.25) is 5.91 Å². The quantitative estimate of drug-likeness (QED) is 0.647. The Morgan fingerprint density at radius 2 is 2.11 bits per heavy atom. The van der Waals surface area contributed by atoms with E-state index in [4.69, 9.17) is 0 Å². The number of rotatable bonds is 5. The summed E-state index contributed by atoms with van der Waals surface area (Å²) in [6.45, 7) is 1.88. The predicted molar refractivity (Wildman–Crippen MR) is 65.5 cm³/mol. The number of carbonyl (C=O) groups excluding carboxylic acids is 3. The van der Waals surface area contributed by atoms with E-state index in [2.05, 4.69) is 14.8 Å². The molecule has 0 bridgehead atoms. The number of hydrogen-bond acceptors (Lipinski definition) is 6. The second-order valence-electron chi connectivity index (χ2n) is 3.18. The number of ether oxygens (including phenoxy) is 2. The normalized spacial score (nSPS) is 9.67. The lowest BCUT2D eigenvalue weighted by molar-refractivity contribution is -0.145. The highest BCUT2D eigenvalue weighted by Crippen LogP contribution is 2.23. The van der Waals surface area contributed by atoms with Gasteiger partial charge in [-0.15, -0.1) is 11.3 Å². The first-order chi connectivity index (χ1) is 8.58. The van der Waals surface area contributed by atoms with E-state index in [1.54, 1.807) is 18.4 Å². The number of anilines is 1. The van der Waals surface area contributed by atoms with Crippen LogP contribution in [0.25, 0.3) is 0 Å². The Balaban J connectivity index is 2.62. The molecule has 0 fully saturated rings. The first kappa shape index (κ1) is 14.2. The molecule has 0 saturated carbocycles. The fraction of sp³-hybridized carbons (Fsp3) is 0.364. The van der Waals surface area contributed by atoms with Crippen LogP contribution < -0.4 is 5.32 Å². The molecule has 0 radical (unpaired) electrons. The first-order valence-corrected chi connectivity index (χ1v) is 6.07. The van der Waals surface area contributed by atoms with Crippen molar-refractivity contribution in [1.82, 2.24) is 0 Å². The van der Waals surface area contributed by atoms with Crippen molar-refractivity contribution < 1.29 is 23.9 Å². The van der Waals surface area contributed by atoms with Crippen molar-refractivity contribution in [3.8, 4) is 0 Å².